The van der Waals surface area contributed by atoms with Crippen molar-refractivity contribution in [1.29, 1.82) is 0 Å². The Morgan fingerprint density at radius 2 is 1.62 bits per heavy atom. The van der Waals surface area contributed by atoms with Gasteiger partial charge in [-0.1, -0.05) is 25.1 Å². The van der Waals surface area contributed by atoms with Crippen molar-refractivity contribution in [2.75, 3.05) is 17.2 Å². The van der Waals surface area contributed by atoms with Gasteiger partial charge in [0.1, 0.15) is 5.82 Å². The van der Waals surface area contributed by atoms with Crippen molar-refractivity contribution in [3.8, 4) is 0 Å². The first-order valence-electron chi connectivity index (χ1n) is 6.69. The number of hydrogen-bond acceptors (Lipinski definition) is 3. The van der Waals surface area contributed by atoms with Crippen molar-refractivity contribution in [3.63, 3.8) is 0 Å². The van der Waals surface area contributed by atoms with Crippen LogP contribution in [-0.2, 0) is 6.54 Å². The van der Waals surface area contributed by atoms with Crippen LogP contribution in [0.15, 0.2) is 30.3 Å². The van der Waals surface area contributed by atoms with Crippen LogP contribution in [0.4, 0.5) is 24.8 Å². The highest BCUT2D eigenvalue weighted by Gasteiger charge is 2.12. The van der Waals surface area contributed by atoms with Gasteiger partial charge in [0.2, 0.25) is 0 Å². The molecule has 0 atom stereocenters. The maximum absolute atomic E-state index is 13.7. The number of pyridine rings is 1. The van der Waals surface area contributed by atoms with Gasteiger partial charge in [0.05, 0.1) is 0 Å². The molecule has 0 bridgehead atoms. The number of halogens is 3. The van der Waals surface area contributed by atoms with Gasteiger partial charge in [-0.2, -0.15) is 0 Å². The molecule has 0 saturated carbocycles. The molecule has 21 heavy (non-hydrogen) atoms. The van der Waals surface area contributed by atoms with E-state index in [0.717, 1.165) is 12.5 Å². The molecule has 112 valence electrons. The fourth-order valence-electron chi connectivity index (χ4n) is 1.78. The first-order valence-corrected chi connectivity index (χ1v) is 6.69. The molecule has 2 aromatic rings. The average Bonchev–Trinajstić information content (AvgIpc) is 2.47. The standard InChI is InChI=1S/C15H16F3N3/c1-2-7-19-14-12(17)8-13(18)15(21-14)20-9-10-5-3-4-6-11(10)16/h3-6,8H,2,7,9H2,1H3,(H2,19,20,21). The molecular weight excluding hydrogens is 279 g/mol. The van der Waals surface area contributed by atoms with Crippen molar-refractivity contribution < 1.29 is 13.2 Å². The maximum Gasteiger partial charge on any atom is 0.168 e. The highest BCUT2D eigenvalue weighted by atomic mass is 19.1. The van der Waals surface area contributed by atoms with Gasteiger partial charge in [-0.15, -0.1) is 0 Å². The van der Waals surface area contributed by atoms with E-state index >= 15 is 0 Å². The minimum atomic E-state index is -0.814. The summed E-state index contributed by atoms with van der Waals surface area (Å²) >= 11 is 0. The van der Waals surface area contributed by atoms with Gasteiger partial charge in [-0.25, -0.2) is 18.2 Å². The Kier molecular flexibility index (Phi) is 5.03. The number of benzene rings is 1. The zero-order valence-corrected chi connectivity index (χ0v) is 11.6. The summed E-state index contributed by atoms with van der Waals surface area (Å²) in [5.74, 6) is -2.09. The number of hydrogen-bond donors (Lipinski definition) is 2. The van der Waals surface area contributed by atoms with Gasteiger partial charge >= 0.3 is 0 Å². The summed E-state index contributed by atoms with van der Waals surface area (Å²) in [5, 5.41) is 5.45. The third kappa shape index (κ3) is 3.87. The summed E-state index contributed by atoms with van der Waals surface area (Å²) in [6.07, 6.45) is 0.788. The van der Waals surface area contributed by atoms with Gasteiger partial charge in [0.15, 0.2) is 23.3 Å². The summed E-state index contributed by atoms with van der Waals surface area (Å²) in [5.41, 5.74) is 0.381. The van der Waals surface area contributed by atoms with E-state index in [2.05, 4.69) is 15.6 Å². The van der Waals surface area contributed by atoms with Crippen molar-refractivity contribution >= 4 is 11.6 Å². The van der Waals surface area contributed by atoms with E-state index in [1.54, 1.807) is 18.2 Å². The number of rotatable bonds is 6. The molecule has 3 nitrogen and oxygen atoms in total. The van der Waals surface area contributed by atoms with E-state index in [-0.39, 0.29) is 18.2 Å². The smallest absolute Gasteiger partial charge is 0.168 e. The number of anilines is 2. The van der Waals surface area contributed by atoms with E-state index in [9.17, 15) is 13.2 Å². The number of aromatic nitrogens is 1. The van der Waals surface area contributed by atoms with Crippen LogP contribution in [0.3, 0.4) is 0 Å². The number of nitrogens with one attached hydrogen (secondary N) is 2. The molecule has 0 unspecified atom stereocenters. The summed E-state index contributed by atoms with van der Waals surface area (Å²) < 4.78 is 40.7. The lowest BCUT2D eigenvalue weighted by molar-refractivity contribution is 0.576. The molecule has 1 aromatic carbocycles. The predicted octanol–water partition coefficient (Wildman–Crippen LogP) is 3.93. The van der Waals surface area contributed by atoms with Gasteiger partial charge in [-0.3, -0.25) is 0 Å². The second-order valence-electron chi connectivity index (χ2n) is 4.52. The predicted molar refractivity (Wildman–Crippen MR) is 76.7 cm³/mol. The van der Waals surface area contributed by atoms with Crippen LogP contribution in [0.2, 0.25) is 0 Å². The van der Waals surface area contributed by atoms with Crippen LogP contribution in [0.5, 0.6) is 0 Å². The second kappa shape index (κ2) is 6.97. The van der Waals surface area contributed by atoms with Gasteiger partial charge in [0, 0.05) is 24.7 Å². The zero-order valence-electron chi connectivity index (χ0n) is 11.6. The quantitative estimate of drug-likeness (QED) is 0.847. The second-order valence-corrected chi connectivity index (χ2v) is 4.52. The van der Waals surface area contributed by atoms with Crippen LogP contribution >= 0.6 is 0 Å². The molecule has 0 aliphatic heterocycles. The van der Waals surface area contributed by atoms with Gasteiger partial charge in [-0.05, 0) is 12.5 Å². The highest BCUT2D eigenvalue weighted by molar-refractivity contribution is 5.47. The summed E-state index contributed by atoms with van der Waals surface area (Å²) in [6.45, 7) is 2.52. The van der Waals surface area contributed by atoms with E-state index in [4.69, 9.17) is 0 Å². The minimum absolute atomic E-state index is 0.0192. The van der Waals surface area contributed by atoms with Crippen LogP contribution in [0.1, 0.15) is 18.9 Å². The van der Waals surface area contributed by atoms with Crippen LogP contribution < -0.4 is 10.6 Å². The molecule has 2 N–H and O–H groups in total. The molecule has 0 aliphatic carbocycles. The number of nitrogens with zero attached hydrogens (tertiary/aromatic N) is 1. The Morgan fingerprint density at radius 1 is 0.952 bits per heavy atom. The molecule has 0 spiro atoms. The molecule has 1 heterocycles. The Bertz CT molecular complexity index is 617. The van der Waals surface area contributed by atoms with Crippen molar-refractivity contribution in [3.05, 3.63) is 53.3 Å². The normalized spacial score (nSPS) is 10.5. The fourth-order valence-corrected chi connectivity index (χ4v) is 1.78. The largest absolute Gasteiger partial charge is 0.368 e. The Morgan fingerprint density at radius 3 is 2.29 bits per heavy atom. The van der Waals surface area contributed by atoms with Crippen molar-refractivity contribution in [2.24, 2.45) is 0 Å². The Hall–Kier alpha value is -2.24. The lowest BCUT2D eigenvalue weighted by atomic mass is 10.2. The topological polar surface area (TPSA) is 37.0 Å². The Labute approximate surface area is 121 Å². The third-order valence-electron chi connectivity index (χ3n) is 2.88. The van der Waals surface area contributed by atoms with Crippen LogP contribution in [0, 0.1) is 17.5 Å². The van der Waals surface area contributed by atoms with E-state index in [1.807, 2.05) is 6.92 Å². The first kappa shape index (κ1) is 15.2. The van der Waals surface area contributed by atoms with Crippen molar-refractivity contribution in [1.82, 2.24) is 4.98 Å². The van der Waals surface area contributed by atoms with E-state index in [0.29, 0.717) is 12.1 Å². The molecular formula is C15H16F3N3. The molecule has 6 heteroatoms. The SMILES string of the molecule is CCCNc1nc(NCc2ccccc2F)c(F)cc1F. The fraction of sp³-hybridized carbons (Fsp3) is 0.267. The Balaban J connectivity index is 2.14. The molecule has 0 radical (unpaired) electrons. The highest BCUT2D eigenvalue weighted by Crippen LogP contribution is 2.20. The summed E-state index contributed by atoms with van der Waals surface area (Å²) in [7, 11) is 0. The van der Waals surface area contributed by atoms with Crippen LogP contribution in [-0.4, -0.2) is 11.5 Å². The molecule has 0 fully saturated rings. The minimum Gasteiger partial charge on any atom is -0.368 e. The zero-order chi connectivity index (χ0) is 15.2. The van der Waals surface area contributed by atoms with Crippen molar-refractivity contribution in [2.45, 2.75) is 19.9 Å². The van der Waals surface area contributed by atoms with E-state index < -0.39 is 17.5 Å². The summed E-state index contributed by atoms with van der Waals surface area (Å²) in [4.78, 5) is 3.86. The van der Waals surface area contributed by atoms with Gasteiger partial charge in [0.25, 0.3) is 0 Å². The third-order valence-corrected chi connectivity index (χ3v) is 2.88. The molecule has 0 saturated heterocycles. The summed E-state index contributed by atoms with van der Waals surface area (Å²) in [6, 6.07) is 6.92. The average molecular weight is 295 g/mol. The molecule has 1 aromatic heterocycles. The molecule has 0 amide bonds. The molecule has 0 aliphatic rings. The first-order chi connectivity index (χ1) is 10.1. The molecule has 2 rings (SSSR count). The lowest BCUT2D eigenvalue weighted by Crippen LogP contribution is -2.10. The van der Waals surface area contributed by atoms with E-state index in [1.165, 1.54) is 6.07 Å². The maximum atomic E-state index is 13.7. The monoisotopic (exact) mass is 295 g/mol. The van der Waals surface area contributed by atoms with Gasteiger partial charge < -0.3 is 10.6 Å². The lowest BCUT2D eigenvalue weighted by Gasteiger charge is -2.11. The van der Waals surface area contributed by atoms with Crippen LogP contribution in [0.25, 0.3) is 0 Å².